The predicted octanol–water partition coefficient (Wildman–Crippen LogP) is 3.53. The second-order valence-corrected chi connectivity index (χ2v) is 4.36. The van der Waals surface area contributed by atoms with Gasteiger partial charge in [0.1, 0.15) is 5.82 Å². The first-order valence-electron chi connectivity index (χ1n) is 5.28. The number of hydrogen-bond donors (Lipinski definition) is 1. The minimum atomic E-state index is -0.452. The molecule has 3 nitrogen and oxygen atoms in total. The summed E-state index contributed by atoms with van der Waals surface area (Å²) < 4.78 is 20.9. The van der Waals surface area contributed by atoms with Gasteiger partial charge in [-0.15, -0.1) is 0 Å². The van der Waals surface area contributed by atoms with Crippen LogP contribution in [0.5, 0.6) is 0 Å². The number of aromatic nitrogens is 2. The van der Waals surface area contributed by atoms with Crippen molar-refractivity contribution in [2.75, 3.05) is 13.2 Å². The number of benzene rings is 1. The summed E-state index contributed by atoms with van der Waals surface area (Å²) in [6.45, 7) is 3.77. The van der Waals surface area contributed by atoms with E-state index in [0.29, 0.717) is 30.0 Å². The third kappa shape index (κ3) is 2.51. The second-order valence-electron chi connectivity index (χ2n) is 3.56. The van der Waals surface area contributed by atoms with Gasteiger partial charge in [-0.3, -0.25) is 0 Å². The zero-order valence-electron chi connectivity index (χ0n) is 9.30. The molecular formula is C11H12ClFN2OS. The molecule has 1 N–H and O–H groups in total. The molecule has 0 atom stereocenters. The fourth-order valence-electron chi connectivity index (χ4n) is 1.67. The van der Waals surface area contributed by atoms with Crippen LogP contribution in [0.15, 0.2) is 12.1 Å². The number of nitrogens with zero attached hydrogens (tertiary/aromatic N) is 1. The number of fused-ring (bicyclic) bond motifs is 1. The molecule has 0 amide bonds. The maximum Gasteiger partial charge on any atom is 0.178 e. The van der Waals surface area contributed by atoms with Crippen molar-refractivity contribution in [2.45, 2.75) is 13.5 Å². The van der Waals surface area contributed by atoms with E-state index in [4.69, 9.17) is 28.6 Å². The van der Waals surface area contributed by atoms with Gasteiger partial charge < -0.3 is 14.3 Å². The molecular weight excluding hydrogens is 263 g/mol. The third-order valence-corrected chi connectivity index (χ3v) is 3.09. The molecule has 2 rings (SSSR count). The molecule has 1 aromatic heterocycles. The van der Waals surface area contributed by atoms with E-state index in [0.717, 1.165) is 5.52 Å². The maximum absolute atomic E-state index is 13.3. The first kappa shape index (κ1) is 12.5. The minimum absolute atomic E-state index is 0.0941. The van der Waals surface area contributed by atoms with Gasteiger partial charge in [-0.25, -0.2) is 4.39 Å². The Hall–Kier alpha value is -0.910. The van der Waals surface area contributed by atoms with Gasteiger partial charge in [-0.2, -0.15) is 0 Å². The summed E-state index contributed by atoms with van der Waals surface area (Å²) in [7, 11) is 0. The molecule has 0 unspecified atom stereocenters. The Morgan fingerprint density at radius 3 is 3.00 bits per heavy atom. The molecule has 1 aromatic carbocycles. The molecule has 92 valence electrons. The lowest BCUT2D eigenvalue weighted by atomic mass is 10.3. The largest absolute Gasteiger partial charge is 0.380 e. The average molecular weight is 275 g/mol. The van der Waals surface area contributed by atoms with Gasteiger partial charge in [0.2, 0.25) is 0 Å². The number of H-pyrrole nitrogens is 1. The smallest absolute Gasteiger partial charge is 0.178 e. The van der Waals surface area contributed by atoms with Crippen LogP contribution in [0.4, 0.5) is 4.39 Å². The van der Waals surface area contributed by atoms with Gasteiger partial charge in [0.05, 0.1) is 22.7 Å². The zero-order valence-corrected chi connectivity index (χ0v) is 10.9. The molecule has 6 heteroatoms. The maximum atomic E-state index is 13.3. The molecule has 1 heterocycles. The fraction of sp³-hybridized carbons (Fsp3) is 0.364. The predicted molar refractivity (Wildman–Crippen MR) is 68.6 cm³/mol. The van der Waals surface area contributed by atoms with Crippen LogP contribution in [0, 0.1) is 10.6 Å². The van der Waals surface area contributed by atoms with Crippen LogP contribution in [0.3, 0.4) is 0 Å². The topological polar surface area (TPSA) is 29.9 Å². The Kier molecular flexibility index (Phi) is 3.81. The molecule has 0 saturated carbocycles. The van der Waals surface area contributed by atoms with Crippen LogP contribution in [0.25, 0.3) is 11.0 Å². The molecule has 0 fully saturated rings. The first-order valence-corrected chi connectivity index (χ1v) is 6.07. The summed E-state index contributed by atoms with van der Waals surface area (Å²) in [5.74, 6) is -0.452. The van der Waals surface area contributed by atoms with Crippen molar-refractivity contribution in [1.82, 2.24) is 9.55 Å². The molecule has 0 aliphatic carbocycles. The highest BCUT2D eigenvalue weighted by molar-refractivity contribution is 7.71. The summed E-state index contributed by atoms with van der Waals surface area (Å²) in [5.41, 5.74) is 1.44. The van der Waals surface area contributed by atoms with Crippen LogP contribution >= 0.6 is 23.8 Å². The standard InChI is InChI=1S/C11H12ClFN2OS/c1-2-16-4-3-15-10-5-7(12)8(13)6-9(10)14-11(15)17/h5-6H,2-4H2,1H3,(H,14,17). The highest BCUT2D eigenvalue weighted by atomic mass is 35.5. The number of nitrogens with one attached hydrogen (secondary N) is 1. The van der Waals surface area contributed by atoms with Gasteiger partial charge in [-0.05, 0) is 25.2 Å². The zero-order chi connectivity index (χ0) is 12.4. The monoisotopic (exact) mass is 274 g/mol. The SMILES string of the molecule is CCOCCn1c(=S)[nH]c2cc(F)c(Cl)cc21. The summed E-state index contributed by atoms with van der Waals surface area (Å²) in [6, 6.07) is 2.93. The summed E-state index contributed by atoms with van der Waals surface area (Å²) in [4.78, 5) is 2.95. The van der Waals surface area contributed by atoms with E-state index in [1.54, 1.807) is 6.07 Å². The van der Waals surface area contributed by atoms with Crippen LogP contribution in [-0.2, 0) is 11.3 Å². The van der Waals surface area contributed by atoms with Crippen LogP contribution in [0.1, 0.15) is 6.92 Å². The van der Waals surface area contributed by atoms with Gasteiger partial charge in [0, 0.05) is 19.2 Å². The summed E-state index contributed by atoms with van der Waals surface area (Å²) in [5, 5.41) is 0.0941. The van der Waals surface area contributed by atoms with Crippen molar-refractivity contribution in [3.05, 3.63) is 27.7 Å². The Morgan fingerprint density at radius 2 is 2.29 bits per heavy atom. The molecule has 2 aromatic rings. The van der Waals surface area contributed by atoms with E-state index in [2.05, 4.69) is 4.98 Å². The molecule has 0 aliphatic heterocycles. The van der Waals surface area contributed by atoms with E-state index in [9.17, 15) is 4.39 Å². The first-order chi connectivity index (χ1) is 8.13. The number of rotatable bonds is 4. The minimum Gasteiger partial charge on any atom is -0.380 e. The molecule has 0 radical (unpaired) electrons. The number of ether oxygens (including phenoxy) is 1. The fourth-order valence-corrected chi connectivity index (χ4v) is 2.13. The Morgan fingerprint density at radius 1 is 1.53 bits per heavy atom. The third-order valence-electron chi connectivity index (χ3n) is 2.48. The van der Waals surface area contributed by atoms with E-state index >= 15 is 0 Å². The van der Waals surface area contributed by atoms with Crippen molar-refractivity contribution < 1.29 is 9.13 Å². The molecule has 0 bridgehead atoms. The Bertz CT molecular complexity index is 593. The van der Waals surface area contributed by atoms with Gasteiger partial charge in [0.25, 0.3) is 0 Å². The van der Waals surface area contributed by atoms with Gasteiger partial charge in [0.15, 0.2) is 4.77 Å². The number of aromatic amines is 1. The lowest BCUT2D eigenvalue weighted by Crippen LogP contribution is -2.05. The Labute approximate surface area is 108 Å². The van der Waals surface area contributed by atoms with Crippen LogP contribution < -0.4 is 0 Å². The van der Waals surface area contributed by atoms with Crippen molar-refractivity contribution in [2.24, 2.45) is 0 Å². The lowest BCUT2D eigenvalue weighted by molar-refractivity contribution is 0.139. The summed E-state index contributed by atoms with van der Waals surface area (Å²) >= 11 is 10.9. The highest BCUT2D eigenvalue weighted by Gasteiger charge is 2.08. The van der Waals surface area contributed by atoms with E-state index < -0.39 is 5.82 Å². The number of imidazole rings is 1. The normalized spacial score (nSPS) is 11.2. The molecule has 0 aliphatic rings. The average Bonchev–Trinajstić information content (AvgIpc) is 2.57. The van der Waals surface area contributed by atoms with Crippen molar-refractivity contribution >= 4 is 34.9 Å². The van der Waals surface area contributed by atoms with Gasteiger partial charge >= 0.3 is 0 Å². The lowest BCUT2D eigenvalue weighted by Gasteiger charge is -2.04. The number of hydrogen-bond acceptors (Lipinski definition) is 2. The highest BCUT2D eigenvalue weighted by Crippen LogP contribution is 2.22. The molecule has 0 saturated heterocycles. The quantitative estimate of drug-likeness (QED) is 0.683. The second kappa shape index (κ2) is 5.16. The van der Waals surface area contributed by atoms with E-state index in [1.807, 2.05) is 11.5 Å². The van der Waals surface area contributed by atoms with Crippen molar-refractivity contribution in [3.8, 4) is 0 Å². The Balaban J connectivity index is 2.44. The van der Waals surface area contributed by atoms with Crippen LogP contribution in [0.2, 0.25) is 5.02 Å². The van der Waals surface area contributed by atoms with E-state index in [-0.39, 0.29) is 5.02 Å². The van der Waals surface area contributed by atoms with Gasteiger partial charge in [-0.1, -0.05) is 11.6 Å². The molecule has 17 heavy (non-hydrogen) atoms. The van der Waals surface area contributed by atoms with Crippen molar-refractivity contribution in [1.29, 1.82) is 0 Å². The summed E-state index contributed by atoms with van der Waals surface area (Å²) in [6.07, 6.45) is 0. The van der Waals surface area contributed by atoms with Crippen molar-refractivity contribution in [3.63, 3.8) is 0 Å². The number of halogens is 2. The van der Waals surface area contributed by atoms with Crippen LogP contribution in [-0.4, -0.2) is 22.8 Å². The van der Waals surface area contributed by atoms with E-state index in [1.165, 1.54) is 6.07 Å². The molecule has 0 spiro atoms.